The first-order valence-corrected chi connectivity index (χ1v) is 12.4. The third-order valence-electron chi connectivity index (χ3n) is 6.51. The molecule has 0 bridgehead atoms. The number of ether oxygens (including phenoxy) is 1. The summed E-state index contributed by atoms with van der Waals surface area (Å²) in [4.78, 5) is 27.6. The minimum absolute atomic E-state index is 0.208. The van der Waals surface area contributed by atoms with Crippen molar-refractivity contribution in [2.24, 2.45) is 0 Å². The summed E-state index contributed by atoms with van der Waals surface area (Å²) < 4.78 is 5.60. The van der Waals surface area contributed by atoms with Gasteiger partial charge in [-0.3, -0.25) is 14.5 Å². The molecule has 35 heavy (non-hydrogen) atoms. The SMILES string of the molecule is CC1Oc2ccc(NC(=O)c3ccc(-c4cccc(Cl)c4)c(CN4CCCCC4)c3)cc2NC1=O. The van der Waals surface area contributed by atoms with Gasteiger partial charge in [-0.2, -0.15) is 0 Å². The molecule has 1 unspecified atom stereocenters. The second kappa shape index (κ2) is 10.1. The van der Waals surface area contributed by atoms with Crippen molar-refractivity contribution in [3.63, 3.8) is 0 Å². The van der Waals surface area contributed by atoms with Crippen molar-refractivity contribution >= 4 is 34.8 Å². The predicted molar refractivity (Wildman–Crippen MR) is 139 cm³/mol. The molecule has 1 saturated heterocycles. The van der Waals surface area contributed by atoms with Gasteiger partial charge in [-0.1, -0.05) is 36.2 Å². The number of rotatable bonds is 5. The highest BCUT2D eigenvalue weighted by molar-refractivity contribution is 6.30. The first kappa shape index (κ1) is 23.4. The lowest BCUT2D eigenvalue weighted by Crippen LogP contribution is -2.34. The number of anilines is 2. The van der Waals surface area contributed by atoms with E-state index in [0.29, 0.717) is 27.7 Å². The van der Waals surface area contributed by atoms with E-state index in [2.05, 4.69) is 15.5 Å². The van der Waals surface area contributed by atoms with E-state index in [0.717, 1.165) is 36.3 Å². The molecule has 0 radical (unpaired) electrons. The fourth-order valence-corrected chi connectivity index (χ4v) is 4.84. The third kappa shape index (κ3) is 5.34. The van der Waals surface area contributed by atoms with Crippen LogP contribution in [0.3, 0.4) is 0 Å². The Morgan fingerprint density at radius 2 is 1.91 bits per heavy atom. The summed E-state index contributed by atoms with van der Waals surface area (Å²) in [5.41, 5.74) is 4.93. The van der Waals surface area contributed by atoms with Gasteiger partial charge in [0.15, 0.2) is 6.10 Å². The van der Waals surface area contributed by atoms with Crippen LogP contribution in [0.5, 0.6) is 5.75 Å². The molecule has 3 aromatic rings. The number of likely N-dealkylation sites (tertiary alicyclic amines) is 1. The summed E-state index contributed by atoms with van der Waals surface area (Å²) in [6, 6.07) is 18.9. The molecule has 1 fully saturated rings. The standard InChI is InChI=1S/C28H28ClN3O3/c1-18-27(33)31-25-16-23(9-11-26(25)35-18)30-28(34)20-8-10-24(19-6-5-7-22(29)15-19)21(14-20)17-32-12-3-2-4-13-32/h5-11,14-16,18H,2-4,12-13,17H2,1H3,(H,30,34)(H,31,33). The summed E-state index contributed by atoms with van der Waals surface area (Å²) in [5.74, 6) is 0.170. The maximum Gasteiger partial charge on any atom is 0.265 e. The molecule has 2 amide bonds. The number of nitrogens with zero attached hydrogens (tertiary/aromatic N) is 1. The average Bonchev–Trinajstić information content (AvgIpc) is 2.85. The lowest BCUT2D eigenvalue weighted by Gasteiger charge is -2.27. The molecule has 2 aliphatic heterocycles. The van der Waals surface area contributed by atoms with E-state index in [9.17, 15) is 9.59 Å². The van der Waals surface area contributed by atoms with Crippen LogP contribution in [0.4, 0.5) is 11.4 Å². The van der Waals surface area contributed by atoms with Gasteiger partial charge in [0.25, 0.3) is 11.8 Å². The van der Waals surface area contributed by atoms with Crippen LogP contribution in [0.25, 0.3) is 11.1 Å². The van der Waals surface area contributed by atoms with Crippen molar-refractivity contribution in [1.82, 2.24) is 4.90 Å². The number of nitrogens with one attached hydrogen (secondary N) is 2. The van der Waals surface area contributed by atoms with E-state index in [4.69, 9.17) is 16.3 Å². The van der Waals surface area contributed by atoms with Gasteiger partial charge in [-0.05, 0) is 92.0 Å². The van der Waals surface area contributed by atoms with Gasteiger partial charge >= 0.3 is 0 Å². The number of fused-ring (bicyclic) bond motifs is 1. The summed E-state index contributed by atoms with van der Waals surface area (Å²) >= 11 is 6.27. The average molecular weight is 490 g/mol. The van der Waals surface area contributed by atoms with Crippen molar-refractivity contribution in [2.75, 3.05) is 23.7 Å². The van der Waals surface area contributed by atoms with Gasteiger partial charge in [0.1, 0.15) is 5.75 Å². The van der Waals surface area contributed by atoms with Crippen LogP contribution in [0.15, 0.2) is 60.7 Å². The highest BCUT2D eigenvalue weighted by Gasteiger charge is 2.24. The number of amides is 2. The predicted octanol–water partition coefficient (Wildman–Crippen LogP) is 5.96. The molecular formula is C28H28ClN3O3. The Labute approximate surface area is 210 Å². The van der Waals surface area contributed by atoms with Crippen LogP contribution in [0, 0.1) is 0 Å². The molecule has 5 rings (SSSR count). The lowest BCUT2D eigenvalue weighted by molar-refractivity contribution is -0.122. The Morgan fingerprint density at radius 1 is 1.09 bits per heavy atom. The van der Waals surface area contributed by atoms with Crippen LogP contribution in [0.2, 0.25) is 5.02 Å². The first-order chi connectivity index (χ1) is 17.0. The van der Waals surface area contributed by atoms with E-state index in [1.165, 1.54) is 19.3 Å². The summed E-state index contributed by atoms with van der Waals surface area (Å²) in [5, 5.41) is 6.46. The van der Waals surface area contributed by atoms with Crippen LogP contribution >= 0.6 is 11.6 Å². The van der Waals surface area contributed by atoms with Gasteiger partial charge in [0, 0.05) is 22.8 Å². The molecule has 6 nitrogen and oxygen atoms in total. The lowest BCUT2D eigenvalue weighted by atomic mass is 9.96. The first-order valence-electron chi connectivity index (χ1n) is 12.0. The molecule has 0 saturated carbocycles. The fourth-order valence-electron chi connectivity index (χ4n) is 4.65. The second-order valence-electron chi connectivity index (χ2n) is 9.13. The van der Waals surface area contributed by atoms with Crippen molar-refractivity contribution in [3.05, 3.63) is 76.8 Å². The molecule has 0 aromatic heterocycles. The van der Waals surface area contributed by atoms with Crippen LogP contribution in [-0.4, -0.2) is 35.9 Å². The summed E-state index contributed by atoms with van der Waals surface area (Å²) in [6.07, 6.45) is 3.12. The maximum atomic E-state index is 13.2. The Hall–Kier alpha value is -3.35. The molecule has 0 aliphatic carbocycles. The van der Waals surface area contributed by atoms with Crippen molar-refractivity contribution in [2.45, 2.75) is 38.8 Å². The van der Waals surface area contributed by atoms with Gasteiger partial charge < -0.3 is 15.4 Å². The molecule has 3 aromatic carbocycles. The monoisotopic (exact) mass is 489 g/mol. The number of carbonyl (C=O) groups is 2. The van der Waals surface area contributed by atoms with Crippen LogP contribution < -0.4 is 15.4 Å². The number of benzene rings is 3. The Morgan fingerprint density at radius 3 is 2.71 bits per heavy atom. The zero-order chi connectivity index (χ0) is 24.4. The Kier molecular flexibility index (Phi) is 6.75. The topological polar surface area (TPSA) is 70.7 Å². The van der Waals surface area contributed by atoms with Crippen LogP contribution in [-0.2, 0) is 11.3 Å². The number of hydrogen-bond acceptors (Lipinski definition) is 4. The summed E-state index contributed by atoms with van der Waals surface area (Å²) in [6.45, 7) is 4.60. The fraction of sp³-hybridized carbons (Fsp3) is 0.286. The third-order valence-corrected chi connectivity index (χ3v) is 6.75. The Bertz CT molecular complexity index is 1270. The number of halogens is 1. The van der Waals surface area contributed by atoms with E-state index in [1.807, 2.05) is 42.5 Å². The van der Waals surface area contributed by atoms with E-state index >= 15 is 0 Å². The molecule has 2 N–H and O–H groups in total. The van der Waals surface area contributed by atoms with Crippen molar-refractivity contribution in [1.29, 1.82) is 0 Å². The normalized spacial score (nSPS) is 17.8. The second-order valence-corrected chi connectivity index (χ2v) is 9.57. The van der Waals surface area contributed by atoms with E-state index in [-0.39, 0.29) is 11.8 Å². The molecule has 0 spiro atoms. The van der Waals surface area contributed by atoms with E-state index in [1.54, 1.807) is 25.1 Å². The minimum Gasteiger partial charge on any atom is -0.479 e. The largest absolute Gasteiger partial charge is 0.479 e. The molecule has 2 heterocycles. The van der Waals surface area contributed by atoms with Gasteiger partial charge in [0.2, 0.25) is 0 Å². The number of hydrogen-bond donors (Lipinski definition) is 2. The zero-order valence-corrected chi connectivity index (χ0v) is 20.4. The zero-order valence-electron chi connectivity index (χ0n) is 19.6. The molecule has 2 aliphatic rings. The van der Waals surface area contributed by atoms with Gasteiger partial charge in [-0.25, -0.2) is 0 Å². The smallest absolute Gasteiger partial charge is 0.265 e. The van der Waals surface area contributed by atoms with Gasteiger partial charge in [0.05, 0.1) is 5.69 Å². The molecule has 1 atom stereocenters. The van der Waals surface area contributed by atoms with E-state index < -0.39 is 6.10 Å². The summed E-state index contributed by atoms with van der Waals surface area (Å²) in [7, 11) is 0. The highest BCUT2D eigenvalue weighted by atomic mass is 35.5. The quantitative estimate of drug-likeness (QED) is 0.463. The minimum atomic E-state index is -0.542. The molecular weight excluding hydrogens is 462 g/mol. The highest BCUT2D eigenvalue weighted by Crippen LogP contribution is 2.33. The number of piperidine rings is 1. The van der Waals surface area contributed by atoms with Crippen molar-refractivity contribution in [3.8, 4) is 16.9 Å². The van der Waals surface area contributed by atoms with Crippen molar-refractivity contribution < 1.29 is 14.3 Å². The van der Waals surface area contributed by atoms with Gasteiger partial charge in [-0.15, -0.1) is 0 Å². The number of carbonyl (C=O) groups excluding carboxylic acids is 2. The molecule has 7 heteroatoms. The molecule has 180 valence electrons. The Balaban J connectivity index is 1.41. The van der Waals surface area contributed by atoms with Crippen LogP contribution in [0.1, 0.15) is 42.1 Å². The maximum absolute atomic E-state index is 13.2.